The maximum atomic E-state index is 12.4. The summed E-state index contributed by atoms with van der Waals surface area (Å²) in [6, 6.07) is 12.1. The predicted molar refractivity (Wildman–Crippen MR) is 88.1 cm³/mol. The number of imide groups is 1. The van der Waals surface area contributed by atoms with Crippen LogP contribution in [0.3, 0.4) is 0 Å². The fourth-order valence-electron chi connectivity index (χ4n) is 3.12. The van der Waals surface area contributed by atoms with Crippen molar-refractivity contribution in [3.8, 4) is 0 Å². The Morgan fingerprint density at radius 1 is 1.00 bits per heavy atom. The maximum Gasteiger partial charge on any atom is 0.312 e. The molecule has 5 nitrogen and oxygen atoms in total. The smallest absolute Gasteiger partial charge is 0.312 e. The molecule has 0 unspecified atom stereocenters. The molecule has 1 N–H and O–H groups in total. The second kappa shape index (κ2) is 5.92. The number of hydrogen-bond acceptors (Lipinski definition) is 3. The first-order valence-corrected chi connectivity index (χ1v) is 7.64. The molecule has 1 aliphatic heterocycles. The molecule has 5 heteroatoms. The minimum Gasteiger partial charge on any atom is -0.481 e. The lowest BCUT2D eigenvalue weighted by Gasteiger charge is -2.20. The average molecular weight is 323 g/mol. The number of carbonyl (C=O) groups excluding carboxylic acids is 2. The van der Waals surface area contributed by atoms with Crippen molar-refractivity contribution >= 4 is 17.8 Å². The fraction of sp³-hybridized carbons (Fsp3) is 0.211. The van der Waals surface area contributed by atoms with Gasteiger partial charge in [-0.2, -0.15) is 0 Å². The lowest BCUT2D eigenvalue weighted by Crippen LogP contribution is -2.36. The highest BCUT2D eigenvalue weighted by molar-refractivity contribution is 6.21. The first-order chi connectivity index (χ1) is 11.4. The molecule has 1 atom stereocenters. The van der Waals surface area contributed by atoms with Crippen LogP contribution < -0.4 is 0 Å². The number of aliphatic carboxylic acids is 1. The molecule has 24 heavy (non-hydrogen) atoms. The van der Waals surface area contributed by atoms with Crippen LogP contribution in [0.5, 0.6) is 0 Å². The van der Waals surface area contributed by atoms with Crippen LogP contribution in [0.4, 0.5) is 0 Å². The first-order valence-electron chi connectivity index (χ1n) is 7.64. The molecule has 0 spiro atoms. The van der Waals surface area contributed by atoms with Gasteiger partial charge in [0.05, 0.1) is 17.0 Å². The normalized spacial score (nSPS) is 14.7. The minimum absolute atomic E-state index is 0.176. The summed E-state index contributed by atoms with van der Waals surface area (Å²) in [5.74, 6) is -2.89. The Kier molecular flexibility index (Phi) is 3.93. The number of benzene rings is 2. The molecule has 0 aliphatic carbocycles. The fourth-order valence-corrected chi connectivity index (χ4v) is 3.12. The molecule has 0 radical (unpaired) electrons. The van der Waals surface area contributed by atoms with Gasteiger partial charge in [-0.25, -0.2) is 0 Å². The zero-order valence-corrected chi connectivity index (χ0v) is 13.4. The van der Waals surface area contributed by atoms with E-state index in [-0.39, 0.29) is 6.54 Å². The molecule has 1 aliphatic rings. The van der Waals surface area contributed by atoms with Crippen LogP contribution in [-0.4, -0.2) is 34.3 Å². The molecule has 2 amide bonds. The first kappa shape index (κ1) is 15.9. The number of hydrogen-bond donors (Lipinski definition) is 1. The number of carbonyl (C=O) groups is 3. The van der Waals surface area contributed by atoms with E-state index >= 15 is 0 Å². The number of amides is 2. The maximum absolute atomic E-state index is 12.4. The van der Waals surface area contributed by atoms with Crippen LogP contribution in [0.1, 0.15) is 43.3 Å². The van der Waals surface area contributed by atoms with Gasteiger partial charge in [-0.3, -0.25) is 19.3 Å². The van der Waals surface area contributed by atoms with E-state index in [1.165, 1.54) is 0 Å². The van der Waals surface area contributed by atoms with Crippen LogP contribution in [0.25, 0.3) is 0 Å². The molecule has 1 heterocycles. The van der Waals surface area contributed by atoms with Crippen LogP contribution >= 0.6 is 0 Å². The Bertz CT molecular complexity index is 801. The van der Waals surface area contributed by atoms with Gasteiger partial charge in [-0.15, -0.1) is 0 Å². The van der Waals surface area contributed by atoms with Crippen molar-refractivity contribution in [1.82, 2.24) is 4.90 Å². The molecule has 0 bridgehead atoms. The highest BCUT2D eigenvalue weighted by Gasteiger charge is 2.38. The Hall–Kier alpha value is -2.95. The van der Waals surface area contributed by atoms with Gasteiger partial charge >= 0.3 is 5.97 Å². The molecule has 0 saturated carbocycles. The van der Waals surface area contributed by atoms with Crippen LogP contribution in [-0.2, 0) is 4.79 Å². The van der Waals surface area contributed by atoms with Crippen molar-refractivity contribution in [1.29, 1.82) is 0 Å². The topological polar surface area (TPSA) is 74.7 Å². The van der Waals surface area contributed by atoms with Crippen molar-refractivity contribution in [2.24, 2.45) is 0 Å². The summed E-state index contributed by atoms with van der Waals surface area (Å²) in [6.07, 6.45) is 0. The van der Waals surface area contributed by atoms with Gasteiger partial charge in [0, 0.05) is 6.54 Å². The van der Waals surface area contributed by atoms with Crippen molar-refractivity contribution in [2.75, 3.05) is 6.54 Å². The van der Waals surface area contributed by atoms with E-state index in [4.69, 9.17) is 0 Å². The molecule has 0 fully saturated rings. The van der Waals surface area contributed by atoms with E-state index in [9.17, 15) is 19.5 Å². The van der Waals surface area contributed by atoms with Crippen molar-refractivity contribution < 1.29 is 19.5 Å². The molecule has 122 valence electrons. The number of nitrogens with zero attached hydrogens (tertiary/aromatic N) is 1. The number of carboxylic acid groups (broad SMARTS) is 1. The second-order valence-corrected chi connectivity index (χ2v) is 6.08. The summed E-state index contributed by atoms with van der Waals surface area (Å²) in [4.78, 5) is 37.7. The lowest BCUT2D eigenvalue weighted by atomic mass is 9.95. The number of fused-ring (bicyclic) bond motifs is 1. The molecule has 0 aromatic heterocycles. The van der Waals surface area contributed by atoms with Gasteiger partial charge in [0.15, 0.2) is 0 Å². The van der Waals surface area contributed by atoms with Gasteiger partial charge in [0.25, 0.3) is 11.8 Å². The number of aryl methyl sites for hydroxylation is 2. The third kappa shape index (κ3) is 2.69. The van der Waals surface area contributed by atoms with Gasteiger partial charge in [-0.1, -0.05) is 41.5 Å². The van der Waals surface area contributed by atoms with E-state index in [0.717, 1.165) is 16.0 Å². The van der Waals surface area contributed by atoms with Crippen LogP contribution in [0.2, 0.25) is 0 Å². The van der Waals surface area contributed by atoms with E-state index in [2.05, 4.69) is 0 Å². The predicted octanol–water partition coefficient (Wildman–Crippen LogP) is 2.77. The molecular weight excluding hydrogens is 306 g/mol. The quantitative estimate of drug-likeness (QED) is 0.878. The van der Waals surface area contributed by atoms with Gasteiger partial charge in [-0.05, 0) is 31.5 Å². The Morgan fingerprint density at radius 3 is 1.96 bits per heavy atom. The number of rotatable bonds is 4. The third-order valence-electron chi connectivity index (χ3n) is 4.19. The number of carboxylic acids is 1. The molecule has 3 rings (SSSR count). The SMILES string of the molecule is Cc1cc(C)cc([C@H](CN2C(=O)c3ccccc3C2=O)C(=O)O)c1. The summed E-state index contributed by atoms with van der Waals surface area (Å²) in [5.41, 5.74) is 3.13. The summed E-state index contributed by atoms with van der Waals surface area (Å²) < 4.78 is 0. The van der Waals surface area contributed by atoms with Crippen LogP contribution in [0, 0.1) is 13.8 Å². The Balaban J connectivity index is 1.94. The Labute approximate surface area is 139 Å². The van der Waals surface area contributed by atoms with Crippen molar-refractivity contribution in [3.05, 3.63) is 70.3 Å². The van der Waals surface area contributed by atoms with E-state index in [1.807, 2.05) is 19.9 Å². The van der Waals surface area contributed by atoms with Crippen LogP contribution in [0.15, 0.2) is 42.5 Å². The molecule has 2 aromatic rings. The van der Waals surface area contributed by atoms with Crippen molar-refractivity contribution in [2.45, 2.75) is 19.8 Å². The standard InChI is InChI=1S/C19H17NO4/c1-11-7-12(2)9-13(8-11)16(19(23)24)10-20-17(21)14-5-3-4-6-15(14)18(20)22/h3-9,16H,10H2,1-2H3,(H,23,24)/t16-/m0/s1. The summed E-state index contributed by atoms with van der Waals surface area (Å²) >= 11 is 0. The molecule has 0 saturated heterocycles. The average Bonchev–Trinajstić information content (AvgIpc) is 2.76. The summed E-state index contributed by atoms with van der Waals surface area (Å²) in [5, 5.41) is 9.61. The molecule has 2 aromatic carbocycles. The third-order valence-corrected chi connectivity index (χ3v) is 4.19. The summed E-state index contributed by atoms with van der Waals surface area (Å²) in [7, 11) is 0. The monoisotopic (exact) mass is 323 g/mol. The van der Waals surface area contributed by atoms with E-state index in [1.54, 1.807) is 36.4 Å². The van der Waals surface area contributed by atoms with Crippen molar-refractivity contribution in [3.63, 3.8) is 0 Å². The van der Waals surface area contributed by atoms with E-state index < -0.39 is 23.7 Å². The molecular formula is C19H17NO4. The summed E-state index contributed by atoms with van der Waals surface area (Å²) in [6.45, 7) is 3.60. The zero-order chi connectivity index (χ0) is 17.4. The zero-order valence-electron chi connectivity index (χ0n) is 13.4. The largest absolute Gasteiger partial charge is 0.481 e. The minimum atomic E-state index is -1.06. The van der Waals surface area contributed by atoms with Gasteiger partial charge < -0.3 is 5.11 Å². The van der Waals surface area contributed by atoms with Gasteiger partial charge in [0.2, 0.25) is 0 Å². The highest BCUT2D eigenvalue weighted by Crippen LogP contribution is 2.27. The Morgan fingerprint density at radius 2 is 1.50 bits per heavy atom. The second-order valence-electron chi connectivity index (χ2n) is 6.08. The van der Waals surface area contributed by atoms with E-state index in [0.29, 0.717) is 16.7 Å². The highest BCUT2D eigenvalue weighted by atomic mass is 16.4. The van der Waals surface area contributed by atoms with Gasteiger partial charge in [0.1, 0.15) is 0 Å². The lowest BCUT2D eigenvalue weighted by molar-refractivity contribution is -0.138.